The monoisotopic (exact) mass is 299 g/mol. The molecular formula is C16H17N3OS. The Morgan fingerprint density at radius 1 is 1.10 bits per heavy atom. The molecule has 108 valence electrons. The van der Waals surface area contributed by atoms with E-state index in [-0.39, 0.29) is 0 Å². The Morgan fingerprint density at radius 3 is 2.71 bits per heavy atom. The number of aromatic nitrogens is 2. The van der Waals surface area contributed by atoms with Crippen LogP contribution < -0.4 is 10.1 Å². The molecular weight excluding hydrogens is 282 g/mol. The Labute approximate surface area is 127 Å². The molecule has 0 saturated heterocycles. The molecule has 0 amide bonds. The molecule has 0 unspecified atom stereocenters. The van der Waals surface area contributed by atoms with Crippen LogP contribution in [0.2, 0.25) is 0 Å². The summed E-state index contributed by atoms with van der Waals surface area (Å²) in [6.45, 7) is 3.49. The summed E-state index contributed by atoms with van der Waals surface area (Å²) in [4.78, 5) is 9.11. The molecule has 0 aliphatic heterocycles. The lowest BCUT2D eigenvalue weighted by atomic mass is 10.2. The molecule has 2 aromatic heterocycles. The zero-order chi connectivity index (χ0) is 14.7. The van der Waals surface area contributed by atoms with Gasteiger partial charge >= 0.3 is 0 Å². The zero-order valence-corrected chi connectivity index (χ0v) is 12.9. The van der Waals surface area contributed by atoms with E-state index in [1.165, 1.54) is 0 Å². The fourth-order valence-electron chi connectivity index (χ4n) is 2.23. The van der Waals surface area contributed by atoms with Gasteiger partial charge in [-0.25, -0.2) is 9.97 Å². The maximum absolute atomic E-state index is 5.37. The van der Waals surface area contributed by atoms with Crippen LogP contribution in [0.1, 0.15) is 16.4 Å². The first-order valence-electron chi connectivity index (χ1n) is 6.80. The van der Waals surface area contributed by atoms with Crippen molar-refractivity contribution in [3.63, 3.8) is 0 Å². The van der Waals surface area contributed by atoms with Gasteiger partial charge in [0, 0.05) is 23.9 Å². The molecule has 4 nitrogen and oxygen atoms in total. The molecule has 0 saturated carbocycles. The summed E-state index contributed by atoms with van der Waals surface area (Å²) >= 11 is 1.67. The quantitative estimate of drug-likeness (QED) is 0.785. The van der Waals surface area contributed by atoms with Crippen molar-refractivity contribution in [2.75, 3.05) is 7.11 Å². The number of pyridine rings is 1. The summed E-state index contributed by atoms with van der Waals surface area (Å²) in [7, 11) is 1.67. The molecule has 3 aromatic rings. The van der Waals surface area contributed by atoms with Crippen LogP contribution in [-0.4, -0.2) is 17.1 Å². The second-order valence-electron chi connectivity index (χ2n) is 4.80. The number of nitrogens with one attached hydrogen (secondary N) is 1. The fourth-order valence-corrected chi connectivity index (χ4v) is 2.84. The summed E-state index contributed by atoms with van der Waals surface area (Å²) in [6.07, 6.45) is 0. The number of fused-ring (bicyclic) bond motifs is 1. The number of methoxy groups -OCH3 is 1. The first-order chi connectivity index (χ1) is 10.3. The lowest BCUT2D eigenvalue weighted by Crippen LogP contribution is -2.14. The normalized spacial score (nSPS) is 11.0. The van der Waals surface area contributed by atoms with Gasteiger partial charge in [-0.05, 0) is 19.1 Å². The molecule has 0 aliphatic carbocycles. The third kappa shape index (κ3) is 3.20. The summed E-state index contributed by atoms with van der Waals surface area (Å²) < 4.78 is 5.37. The Morgan fingerprint density at radius 2 is 1.95 bits per heavy atom. The van der Waals surface area contributed by atoms with Crippen molar-refractivity contribution < 1.29 is 4.74 Å². The Balaban J connectivity index is 1.72. The highest BCUT2D eigenvalue weighted by Gasteiger charge is 2.04. The number of thiazole rings is 1. The van der Waals surface area contributed by atoms with Gasteiger partial charge in [-0.3, -0.25) is 0 Å². The van der Waals surface area contributed by atoms with Crippen molar-refractivity contribution in [1.29, 1.82) is 0 Å². The van der Waals surface area contributed by atoms with Crippen molar-refractivity contribution in [3.8, 4) is 5.75 Å². The molecule has 0 aliphatic rings. The van der Waals surface area contributed by atoms with Gasteiger partial charge in [0.1, 0.15) is 11.3 Å². The molecule has 2 heterocycles. The number of ether oxygens (including phenoxy) is 1. The molecule has 0 radical (unpaired) electrons. The lowest BCUT2D eigenvalue weighted by molar-refractivity contribution is 0.418. The van der Waals surface area contributed by atoms with Crippen LogP contribution in [0.15, 0.2) is 35.7 Å². The van der Waals surface area contributed by atoms with E-state index in [0.29, 0.717) is 6.54 Å². The maximum Gasteiger partial charge on any atom is 0.145 e. The molecule has 21 heavy (non-hydrogen) atoms. The average molecular weight is 299 g/mol. The fraction of sp³-hybridized carbons (Fsp3) is 0.250. The molecule has 0 bridgehead atoms. The highest BCUT2D eigenvalue weighted by Crippen LogP contribution is 2.23. The van der Waals surface area contributed by atoms with Gasteiger partial charge in [0.2, 0.25) is 0 Å². The van der Waals surface area contributed by atoms with Gasteiger partial charge in [-0.15, -0.1) is 11.3 Å². The van der Waals surface area contributed by atoms with Gasteiger partial charge in [0.15, 0.2) is 0 Å². The Hall–Kier alpha value is -1.98. The summed E-state index contributed by atoms with van der Waals surface area (Å²) in [5, 5.41) is 7.65. The summed E-state index contributed by atoms with van der Waals surface area (Å²) in [5.74, 6) is 0.810. The maximum atomic E-state index is 5.37. The first kappa shape index (κ1) is 14.0. The van der Waals surface area contributed by atoms with Gasteiger partial charge in [0.25, 0.3) is 0 Å². The van der Waals surface area contributed by atoms with E-state index in [4.69, 9.17) is 4.74 Å². The smallest absolute Gasteiger partial charge is 0.145 e. The number of hydrogen-bond acceptors (Lipinski definition) is 5. The standard InChI is InChI=1S/C16H17N3OS/c1-11-18-14(10-21-11)9-17-8-13-7-6-12-4-3-5-15(20-2)16(12)19-13/h3-7,10,17H,8-9H2,1-2H3. The van der Waals surface area contributed by atoms with E-state index in [2.05, 4.69) is 26.7 Å². The number of nitrogens with zero attached hydrogens (tertiary/aromatic N) is 2. The van der Waals surface area contributed by atoms with Gasteiger partial charge < -0.3 is 10.1 Å². The first-order valence-corrected chi connectivity index (χ1v) is 7.68. The van der Waals surface area contributed by atoms with Crippen molar-refractivity contribution in [1.82, 2.24) is 15.3 Å². The predicted molar refractivity (Wildman–Crippen MR) is 85.7 cm³/mol. The minimum atomic E-state index is 0.713. The van der Waals surface area contributed by atoms with E-state index in [9.17, 15) is 0 Å². The van der Waals surface area contributed by atoms with Crippen LogP contribution in [0.5, 0.6) is 5.75 Å². The highest BCUT2D eigenvalue weighted by molar-refractivity contribution is 7.09. The molecule has 0 atom stereocenters. The predicted octanol–water partition coefficient (Wildman–Crippen LogP) is 3.30. The Bertz CT molecular complexity index is 754. The molecule has 1 aromatic carbocycles. The van der Waals surface area contributed by atoms with E-state index in [1.807, 2.05) is 31.2 Å². The van der Waals surface area contributed by atoms with Gasteiger partial charge in [-0.2, -0.15) is 0 Å². The third-order valence-electron chi connectivity index (χ3n) is 3.24. The van der Waals surface area contributed by atoms with Crippen LogP contribution in [0.4, 0.5) is 0 Å². The average Bonchev–Trinajstić information content (AvgIpc) is 2.92. The van der Waals surface area contributed by atoms with Crippen LogP contribution in [0, 0.1) is 6.92 Å². The van der Waals surface area contributed by atoms with Crippen LogP contribution in [-0.2, 0) is 13.1 Å². The number of aryl methyl sites for hydroxylation is 1. The third-order valence-corrected chi connectivity index (χ3v) is 4.06. The number of benzene rings is 1. The summed E-state index contributed by atoms with van der Waals surface area (Å²) in [5.41, 5.74) is 2.98. The summed E-state index contributed by atoms with van der Waals surface area (Å²) in [6, 6.07) is 10.1. The topological polar surface area (TPSA) is 47.0 Å². The Kier molecular flexibility index (Phi) is 4.13. The van der Waals surface area contributed by atoms with Gasteiger partial charge in [-0.1, -0.05) is 18.2 Å². The number of rotatable bonds is 5. The lowest BCUT2D eigenvalue weighted by Gasteiger charge is -2.07. The van der Waals surface area contributed by atoms with Crippen LogP contribution >= 0.6 is 11.3 Å². The highest BCUT2D eigenvalue weighted by atomic mass is 32.1. The molecule has 5 heteroatoms. The molecule has 3 rings (SSSR count). The van der Waals surface area contributed by atoms with Crippen LogP contribution in [0.25, 0.3) is 10.9 Å². The second kappa shape index (κ2) is 6.20. The SMILES string of the molecule is COc1cccc2ccc(CNCc3csc(C)n3)nc12. The largest absolute Gasteiger partial charge is 0.494 e. The van der Waals surface area contributed by atoms with Crippen molar-refractivity contribution in [2.45, 2.75) is 20.0 Å². The zero-order valence-electron chi connectivity index (χ0n) is 12.1. The van der Waals surface area contributed by atoms with Crippen molar-refractivity contribution >= 4 is 22.2 Å². The second-order valence-corrected chi connectivity index (χ2v) is 5.86. The van der Waals surface area contributed by atoms with E-state index >= 15 is 0 Å². The number of para-hydroxylation sites is 1. The number of hydrogen-bond donors (Lipinski definition) is 1. The molecule has 1 N–H and O–H groups in total. The van der Waals surface area contributed by atoms with Crippen molar-refractivity contribution in [2.24, 2.45) is 0 Å². The van der Waals surface area contributed by atoms with E-state index in [0.717, 1.165) is 39.6 Å². The molecule has 0 fully saturated rings. The van der Waals surface area contributed by atoms with Crippen LogP contribution in [0.3, 0.4) is 0 Å². The van der Waals surface area contributed by atoms with Gasteiger partial charge in [0.05, 0.1) is 23.5 Å². The minimum absolute atomic E-state index is 0.713. The van der Waals surface area contributed by atoms with E-state index < -0.39 is 0 Å². The molecule has 0 spiro atoms. The minimum Gasteiger partial charge on any atom is -0.494 e. The van der Waals surface area contributed by atoms with E-state index in [1.54, 1.807) is 18.4 Å². The van der Waals surface area contributed by atoms with Crippen molar-refractivity contribution in [3.05, 3.63) is 52.1 Å².